The molecule has 0 saturated heterocycles. The number of nitro benzene ring substituents is 1. The molecule has 128 valence electrons. The standard InChI is InChI=1S/C18H12N4O4/c1-11-20-18(21-26-11)12-2-4-13(5-3-12)25-17-7-6-16(22(23)24)15-10-19-9-8-14(15)17/h2-10H,1H3. The molecule has 8 heteroatoms. The lowest BCUT2D eigenvalue weighted by molar-refractivity contribution is -0.383. The van der Waals surface area contributed by atoms with Gasteiger partial charge in [-0.15, -0.1) is 0 Å². The summed E-state index contributed by atoms with van der Waals surface area (Å²) in [4.78, 5) is 18.9. The van der Waals surface area contributed by atoms with Crippen molar-refractivity contribution in [3.63, 3.8) is 0 Å². The Morgan fingerprint density at radius 1 is 1.08 bits per heavy atom. The third-order valence-electron chi connectivity index (χ3n) is 3.82. The lowest BCUT2D eigenvalue weighted by Crippen LogP contribution is -1.93. The minimum atomic E-state index is -0.435. The molecule has 0 fully saturated rings. The molecule has 0 unspecified atom stereocenters. The van der Waals surface area contributed by atoms with Crippen LogP contribution in [0.25, 0.3) is 22.2 Å². The number of non-ortho nitro benzene ring substituents is 1. The summed E-state index contributed by atoms with van der Waals surface area (Å²) in [6, 6.07) is 11.9. The Bertz CT molecular complexity index is 1110. The molecule has 2 heterocycles. The molecule has 4 rings (SSSR count). The van der Waals surface area contributed by atoms with Gasteiger partial charge in [0.15, 0.2) is 0 Å². The number of pyridine rings is 1. The number of fused-ring (bicyclic) bond motifs is 1. The van der Waals surface area contributed by atoms with Crippen molar-refractivity contribution in [2.45, 2.75) is 6.92 Å². The zero-order valence-corrected chi connectivity index (χ0v) is 13.6. The quantitative estimate of drug-likeness (QED) is 0.400. The Morgan fingerprint density at radius 2 is 1.88 bits per heavy atom. The van der Waals surface area contributed by atoms with Crippen molar-refractivity contribution in [3.8, 4) is 22.9 Å². The normalized spacial score (nSPS) is 10.8. The zero-order valence-electron chi connectivity index (χ0n) is 13.6. The van der Waals surface area contributed by atoms with E-state index in [2.05, 4.69) is 15.1 Å². The van der Waals surface area contributed by atoms with Crippen LogP contribution in [-0.4, -0.2) is 20.0 Å². The van der Waals surface area contributed by atoms with Crippen molar-refractivity contribution in [2.24, 2.45) is 0 Å². The fourth-order valence-corrected chi connectivity index (χ4v) is 2.61. The van der Waals surface area contributed by atoms with E-state index in [1.54, 1.807) is 37.4 Å². The molecule has 8 nitrogen and oxygen atoms in total. The van der Waals surface area contributed by atoms with Gasteiger partial charge in [0.05, 0.1) is 10.3 Å². The average molecular weight is 348 g/mol. The number of rotatable bonds is 4. The zero-order chi connectivity index (χ0) is 18.1. The molecule has 0 N–H and O–H groups in total. The number of nitrogens with zero attached hydrogens (tertiary/aromatic N) is 4. The van der Waals surface area contributed by atoms with E-state index in [0.717, 1.165) is 5.56 Å². The molecular formula is C18H12N4O4. The van der Waals surface area contributed by atoms with Crippen molar-refractivity contribution >= 4 is 16.5 Å². The van der Waals surface area contributed by atoms with E-state index in [1.807, 2.05) is 12.1 Å². The van der Waals surface area contributed by atoms with Crippen LogP contribution in [0.1, 0.15) is 5.89 Å². The number of hydrogen-bond acceptors (Lipinski definition) is 7. The molecule has 4 aromatic rings. The fraction of sp³-hybridized carbons (Fsp3) is 0.0556. The number of ether oxygens (including phenoxy) is 1. The number of hydrogen-bond donors (Lipinski definition) is 0. The molecule has 0 atom stereocenters. The molecule has 26 heavy (non-hydrogen) atoms. The predicted molar refractivity (Wildman–Crippen MR) is 92.9 cm³/mol. The lowest BCUT2D eigenvalue weighted by Gasteiger charge is -2.09. The predicted octanol–water partition coefficient (Wildman–Crippen LogP) is 4.29. The maximum atomic E-state index is 11.2. The summed E-state index contributed by atoms with van der Waals surface area (Å²) < 4.78 is 10.9. The number of aromatic nitrogens is 3. The van der Waals surface area contributed by atoms with E-state index >= 15 is 0 Å². The smallest absolute Gasteiger partial charge is 0.279 e. The van der Waals surface area contributed by atoms with Crippen LogP contribution in [-0.2, 0) is 0 Å². The van der Waals surface area contributed by atoms with Crippen molar-refractivity contribution in [1.29, 1.82) is 0 Å². The number of nitro groups is 1. The van der Waals surface area contributed by atoms with E-state index in [4.69, 9.17) is 9.26 Å². The third kappa shape index (κ3) is 2.84. The maximum absolute atomic E-state index is 11.2. The molecule has 0 aliphatic rings. The highest BCUT2D eigenvalue weighted by atomic mass is 16.6. The van der Waals surface area contributed by atoms with Crippen LogP contribution >= 0.6 is 0 Å². The van der Waals surface area contributed by atoms with Gasteiger partial charge in [0.2, 0.25) is 11.7 Å². The second-order valence-electron chi connectivity index (χ2n) is 5.52. The van der Waals surface area contributed by atoms with Gasteiger partial charge < -0.3 is 9.26 Å². The van der Waals surface area contributed by atoms with E-state index in [-0.39, 0.29) is 5.69 Å². The second-order valence-corrected chi connectivity index (χ2v) is 5.52. The minimum Gasteiger partial charge on any atom is -0.457 e. The third-order valence-corrected chi connectivity index (χ3v) is 3.82. The Balaban J connectivity index is 1.67. The fourth-order valence-electron chi connectivity index (χ4n) is 2.61. The second kappa shape index (κ2) is 6.25. The average Bonchev–Trinajstić information content (AvgIpc) is 3.09. The monoisotopic (exact) mass is 348 g/mol. The van der Waals surface area contributed by atoms with Crippen molar-refractivity contribution in [3.05, 3.63) is 70.9 Å². The van der Waals surface area contributed by atoms with E-state index < -0.39 is 4.92 Å². The first-order valence-corrected chi connectivity index (χ1v) is 7.71. The summed E-state index contributed by atoms with van der Waals surface area (Å²) in [6.45, 7) is 1.72. The summed E-state index contributed by atoms with van der Waals surface area (Å²) in [5, 5.41) is 16.1. The first-order chi connectivity index (χ1) is 12.6. The molecular weight excluding hydrogens is 336 g/mol. The number of aryl methyl sites for hydroxylation is 1. The molecule has 0 aliphatic heterocycles. The molecule has 2 aromatic heterocycles. The highest BCUT2D eigenvalue weighted by Crippen LogP contribution is 2.35. The van der Waals surface area contributed by atoms with Gasteiger partial charge in [0.1, 0.15) is 11.5 Å². The van der Waals surface area contributed by atoms with E-state index in [1.165, 1.54) is 12.3 Å². The minimum absolute atomic E-state index is 0.0109. The van der Waals surface area contributed by atoms with Gasteiger partial charge in [-0.25, -0.2) is 0 Å². The van der Waals surface area contributed by atoms with Crippen LogP contribution < -0.4 is 4.74 Å². The summed E-state index contributed by atoms with van der Waals surface area (Å²) in [7, 11) is 0. The van der Waals surface area contributed by atoms with Crippen LogP contribution in [0.3, 0.4) is 0 Å². The molecule has 0 spiro atoms. The molecule has 0 radical (unpaired) electrons. The topological polar surface area (TPSA) is 104 Å². The van der Waals surface area contributed by atoms with Crippen LogP contribution in [0.15, 0.2) is 59.4 Å². The van der Waals surface area contributed by atoms with Crippen molar-refractivity contribution in [1.82, 2.24) is 15.1 Å². The maximum Gasteiger partial charge on any atom is 0.279 e. The van der Waals surface area contributed by atoms with Gasteiger partial charge in [-0.2, -0.15) is 4.98 Å². The van der Waals surface area contributed by atoms with Gasteiger partial charge in [-0.1, -0.05) is 5.16 Å². The van der Waals surface area contributed by atoms with Gasteiger partial charge >= 0.3 is 0 Å². The molecule has 2 aromatic carbocycles. The van der Waals surface area contributed by atoms with Gasteiger partial charge in [0.25, 0.3) is 5.69 Å². The largest absolute Gasteiger partial charge is 0.457 e. The molecule has 0 bridgehead atoms. The van der Waals surface area contributed by atoms with Crippen LogP contribution in [0.2, 0.25) is 0 Å². The van der Waals surface area contributed by atoms with E-state index in [9.17, 15) is 10.1 Å². The first kappa shape index (κ1) is 15.7. The summed E-state index contributed by atoms with van der Waals surface area (Å²) in [5.74, 6) is 2.09. The van der Waals surface area contributed by atoms with Crippen LogP contribution in [0.4, 0.5) is 5.69 Å². The summed E-state index contributed by atoms with van der Waals surface area (Å²) in [6.07, 6.45) is 3.03. The van der Waals surface area contributed by atoms with Crippen molar-refractivity contribution in [2.75, 3.05) is 0 Å². The first-order valence-electron chi connectivity index (χ1n) is 7.71. The molecule has 0 saturated carbocycles. The number of benzene rings is 2. The lowest BCUT2D eigenvalue weighted by atomic mass is 10.1. The Morgan fingerprint density at radius 3 is 2.58 bits per heavy atom. The summed E-state index contributed by atoms with van der Waals surface area (Å²) in [5.41, 5.74) is 0.787. The van der Waals surface area contributed by atoms with Crippen LogP contribution in [0.5, 0.6) is 11.5 Å². The Hall–Kier alpha value is -3.81. The van der Waals surface area contributed by atoms with Gasteiger partial charge in [-0.3, -0.25) is 15.1 Å². The van der Waals surface area contributed by atoms with Gasteiger partial charge in [-0.05, 0) is 36.4 Å². The molecule has 0 amide bonds. The summed E-state index contributed by atoms with van der Waals surface area (Å²) >= 11 is 0. The van der Waals surface area contributed by atoms with Crippen LogP contribution in [0, 0.1) is 17.0 Å². The highest BCUT2D eigenvalue weighted by molar-refractivity contribution is 5.94. The Kier molecular flexibility index (Phi) is 3.77. The van der Waals surface area contributed by atoms with E-state index in [0.29, 0.717) is 34.0 Å². The SMILES string of the molecule is Cc1nc(-c2ccc(Oc3ccc([N+](=O)[O-])c4cnccc34)cc2)no1. The van der Waals surface area contributed by atoms with Crippen molar-refractivity contribution < 1.29 is 14.2 Å². The Labute approximate surface area is 147 Å². The highest BCUT2D eigenvalue weighted by Gasteiger charge is 2.15. The molecule has 0 aliphatic carbocycles. The van der Waals surface area contributed by atoms with Gasteiger partial charge in [0, 0.05) is 36.3 Å².